The summed E-state index contributed by atoms with van der Waals surface area (Å²) in [7, 11) is 0. The Morgan fingerprint density at radius 3 is 2.83 bits per heavy atom. The molecule has 1 atom stereocenters. The molecule has 9 heteroatoms. The largest absolute Gasteiger partial charge is 0.353 e. The van der Waals surface area contributed by atoms with Crippen LogP contribution >= 0.6 is 0 Å². The molecule has 0 radical (unpaired) electrons. The Hall–Kier alpha value is -3.46. The monoisotopic (exact) mass is 404 g/mol. The molecule has 1 fully saturated rings. The molecule has 152 valence electrons. The highest BCUT2D eigenvalue weighted by Crippen LogP contribution is 2.25. The second-order valence-corrected chi connectivity index (χ2v) is 7.55. The molecule has 0 bridgehead atoms. The molecule has 0 spiro atoms. The van der Waals surface area contributed by atoms with Crippen LogP contribution in [0.4, 0.5) is 10.2 Å². The molecule has 8 nitrogen and oxygen atoms in total. The Kier molecular flexibility index (Phi) is 4.59. The molecule has 0 saturated carbocycles. The van der Waals surface area contributed by atoms with E-state index >= 15 is 0 Å². The maximum absolute atomic E-state index is 14.6. The Balaban J connectivity index is 1.58. The van der Waals surface area contributed by atoms with Gasteiger partial charge in [0.15, 0.2) is 17.5 Å². The summed E-state index contributed by atoms with van der Waals surface area (Å²) in [6, 6.07) is 4.98. The van der Waals surface area contributed by atoms with E-state index in [1.54, 1.807) is 35.5 Å². The van der Waals surface area contributed by atoms with Crippen LogP contribution in [-0.4, -0.2) is 48.8 Å². The predicted octanol–water partition coefficient (Wildman–Crippen LogP) is 2.65. The fraction of sp³-hybridized carbons (Fsp3) is 0.286. The molecular weight excluding hydrogens is 383 g/mol. The Bertz CT molecular complexity index is 1220. The lowest BCUT2D eigenvalue weighted by Crippen LogP contribution is -2.43. The van der Waals surface area contributed by atoms with Gasteiger partial charge in [0.05, 0.1) is 29.3 Å². The lowest BCUT2D eigenvalue weighted by Gasteiger charge is -2.32. The zero-order valence-corrected chi connectivity index (χ0v) is 16.5. The summed E-state index contributed by atoms with van der Waals surface area (Å²) >= 11 is 0. The molecule has 4 aromatic heterocycles. The normalized spacial score (nSPS) is 16.9. The van der Waals surface area contributed by atoms with Crippen molar-refractivity contribution in [3.05, 3.63) is 54.5 Å². The van der Waals surface area contributed by atoms with Crippen LogP contribution in [0, 0.1) is 12.7 Å². The Labute approximate surface area is 172 Å². The van der Waals surface area contributed by atoms with Crippen molar-refractivity contribution in [1.29, 1.82) is 0 Å². The van der Waals surface area contributed by atoms with Gasteiger partial charge in [-0.15, -0.1) is 0 Å². The molecule has 5 heterocycles. The van der Waals surface area contributed by atoms with Gasteiger partial charge >= 0.3 is 0 Å². The third kappa shape index (κ3) is 3.37. The number of aryl methyl sites for hydroxylation is 1. The molecule has 1 saturated heterocycles. The molecule has 1 aliphatic heterocycles. The van der Waals surface area contributed by atoms with Crippen LogP contribution in [-0.2, 0) is 0 Å². The minimum Gasteiger partial charge on any atom is -0.353 e. The number of aromatic nitrogens is 6. The molecule has 30 heavy (non-hydrogen) atoms. The van der Waals surface area contributed by atoms with Gasteiger partial charge in [-0.05, 0) is 38.0 Å². The van der Waals surface area contributed by atoms with E-state index < -0.39 is 0 Å². The molecule has 4 aromatic rings. The number of hydrogen-bond donors (Lipinski definition) is 1. The summed E-state index contributed by atoms with van der Waals surface area (Å²) in [4.78, 5) is 19.7. The summed E-state index contributed by atoms with van der Waals surface area (Å²) in [5.74, 6) is 0.486. The number of anilines is 1. The lowest BCUT2D eigenvalue weighted by molar-refractivity contribution is 0.493. The highest BCUT2D eigenvalue weighted by Gasteiger charge is 2.22. The number of nitrogens with zero attached hydrogens (tertiary/aromatic N) is 7. The molecule has 0 aromatic carbocycles. The van der Waals surface area contributed by atoms with Gasteiger partial charge in [-0.25, -0.2) is 19.0 Å². The van der Waals surface area contributed by atoms with Crippen molar-refractivity contribution in [2.75, 3.05) is 18.0 Å². The minimum absolute atomic E-state index is 0.0261. The van der Waals surface area contributed by atoms with Gasteiger partial charge in [-0.3, -0.25) is 9.97 Å². The highest BCUT2D eigenvalue weighted by molar-refractivity contribution is 5.82. The first-order valence-electron chi connectivity index (χ1n) is 9.89. The molecule has 5 rings (SSSR count). The van der Waals surface area contributed by atoms with Crippen LogP contribution in [0.25, 0.3) is 28.1 Å². The van der Waals surface area contributed by atoms with Crippen LogP contribution in [0.3, 0.4) is 0 Å². The van der Waals surface area contributed by atoms with Gasteiger partial charge in [0.2, 0.25) is 0 Å². The summed E-state index contributed by atoms with van der Waals surface area (Å²) in [5.41, 5.74) is 9.06. The fourth-order valence-electron chi connectivity index (χ4n) is 3.79. The van der Waals surface area contributed by atoms with Crippen LogP contribution in [0.1, 0.15) is 18.5 Å². The number of nitrogens with two attached hydrogens (primary N) is 1. The number of halogens is 1. The smallest absolute Gasteiger partial charge is 0.167 e. The van der Waals surface area contributed by atoms with E-state index in [0.29, 0.717) is 29.6 Å². The van der Waals surface area contributed by atoms with Crippen LogP contribution in [0.5, 0.6) is 0 Å². The van der Waals surface area contributed by atoms with Gasteiger partial charge in [0.1, 0.15) is 5.69 Å². The highest BCUT2D eigenvalue weighted by atomic mass is 19.1. The van der Waals surface area contributed by atoms with Crippen molar-refractivity contribution < 1.29 is 4.39 Å². The molecular formula is C21H21FN8. The number of piperidine rings is 1. The van der Waals surface area contributed by atoms with E-state index in [9.17, 15) is 4.39 Å². The summed E-state index contributed by atoms with van der Waals surface area (Å²) in [6.07, 6.45) is 8.70. The SMILES string of the molecule is Cc1cncc(-c2cc3c(cn2)cnn3-c2ccc(F)c(N3CCCC(N)C3)n2)n1. The van der Waals surface area contributed by atoms with E-state index in [4.69, 9.17) is 5.73 Å². The van der Waals surface area contributed by atoms with Crippen molar-refractivity contribution in [2.24, 2.45) is 5.73 Å². The maximum atomic E-state index is 14.6. The topological polar surface area (TPSA) is 98.6 Å². The Morgan fingerprint density at radius 2 is 2.00 bits per heavy atom. The number of pyridine rings is 2. The van der Waals surface area contributed by atoms with E-state index in [-0.39, 0.29) is 11.9 Å². The third-order valence-corrected chi connectivity index (χ3v) is 5.26. The maximum Gasteiger partial charge on any atom is 0.167 e. The number of fused-ring (bicyclic) bond motifs is 1. The van der Waals surface area contributed by atoms with Gasteiger partial charge in [-0.1, -0.05) is 0 Å². The van der Waals surface area contributed by atoms with Gasteiger partial charge in [0.25, 0.3) is 0 Å². The van der Waals surface area contributed by atoms with Crippen molar-refractivity contribution in [1.82, 2.24) is 29.7 Å². The average molecular weight is 404 g/mol. The molecule has 1 unspecified atom stereocenters. The quantitative estimate of drug-likeness (QED) is 0.560. The second-order valence-electron chi connectivity index (χ2n) is 7.55. The zero-order valence-electron chi connectivity index (χ0n) is 16.5. The minimum atomic E-state index is -0.360. The third-order valence-electron chi connectivity index (χ3n) is 5.26. The summed E-state index contributed by atoms with van der Waals surface area (Å²) in [5, 5.41) is 5.31. The fourth-order valence-corrected chi connectivity index (χ4v) is 3.79. The molecule has 0 amide bonds. The first-order valence-corrected chi connectivity index (χ1v) is 9.89. The second kappa shape index (κ2) is 7.42. The lowest BCUT2D eigenvalue weighted by atomic mass is 10.1. The molecule has 0 aliphatic carbocycles. The van der Waals surface area contributed by atoms with Crippen LogP contribution in [0.2, 0.25) is 0 Å². The molecule has 1 aliphatic rings. The molecule has 2 N–H and O–H groups in total. The van der Waals surface area contributed by atoms with Crippen LogP contribution in [0.15, 0.2) is 43.0 Å². The van der Waals surface area contributed by atoms with Crippen molar-refractivity contribution >= 4 is 16.7 Å². The number of hydrogen-bond acceptors (Lipinski definition) is 7. The van der Waals surface area contributed by atoms with E-state index in [2.05, 4.69) is 25.0 Å². The van der Waals surface area contributed by atoms with Gasteiger partial charge < -0.3 is 10.6 Å². The van der Waals surface area contributed by atoms with Gasteiger partial charge in [0, 0.05) is 36.9 Å². The number of rotatable bonds is 3. The first-order chi connectivity index (χ1) is 14.6. The standard InChI is InChI=1S/C21H21FN8/c1-13-8-24-11-18(27-13)17-7-19-14(9-25-17)10-26-30(19)20-5-4-16(22)21(28-20)29-6-2-3-15(23)12-29/h4-5,7-11,15H,2-3,6,12,23H2,1H3. The van der Waals surface area contributed by atoms with Crippen molar-refractivity contribution in [2.45, 2.75) is 25.8 Å². The van der Waals surface area contributed by atoms with Crippen molar-refractivity contribution in [3.8, 4) is 17.2 Å². The predicted molar refractivity (Wildman–Crippen MR) is 112 cm³/mol. The van der Waals surface area contributed by atoms with Gasteiger partial charge in [-0.2, -0.15) is 5.10 Å². The first kappa shape index (κ1) is 18.6. The summed E-state index contributed by atoms with van der Waals surface area (Å²) in [6.45, 7) is 3.21. The van der Waals surface area contributed by atoms with E-state index in [1.165, 1.54) is 6.07 Å². The van der Waals surface area contributed by atoms with Crippen LogP contribution < -0.4 is 10.6 Å². The Morgan fingerprint density at radius 1 is 1.10 bits per heavy atom. The van der Waals surface area contributed by atoms with Crippen molar-refractivity contribution in [3.63, 3.8) is 0 Å². The average Bonchev–Trinajstić information content (AvgIpc) is 3.17. The zero-order chi connectivity index (χ0) is 20.7. The van der Waals surface area contributed by atoms with E-state index in [0.717, 1.165) is 36.0 Å². The van der Waals surface area contributed by atoms with E-state index in [1.807, 2.05) is 17.9 Å². The summed E-state index contributed by atoms with van der Waals surface area (Å²) < 4.78 is 16.3.